The van der Waals surface area contributed by atoms with Crippen molar-refractivity contribution in [3.05, 3.63) is 0 Å². The zero-order valence-corrected chi connectivity index (χ0v) is 6.01. The molecule has 0 bridgehead atoms. The molecule has 0 heterocycles. The van der Waals surface area contributed by atoms with E-state index in [-0.39, 0.29) is 0 Å². The Morgan fingerprint density at radius 2 is 1.67 bits per heavy atom. The number of hydrogen-bond acceptors (Lipinski definition) is 2. The first-order valence-corrected chi connectivity index (χ1v) is 6.92. The molecule has 0 aromatic rings. The van der Waals surface area contributed by atoms with Crippen molar-refractivity contribution in [2.45, 2.75) is 0 Å². The zero-order chi connectivity index (χ0) is 5.21. The third kappa shape index (κ3) is 4.83. The molecule has 0 spiro atoms. The van der Waals surface area contributed by atoms with Gasteiger partial charge in [-0.3, -0.25) is 0 Å². The monoisotopic (exact) mass is 187 g/mol. The molecule has 0 saturated heterocycles. The Balaban J connectivity index is 3.81. The van der Waals surface area contributed by atoms with Gasteiger partial charge in [0.15, 0.2) is 0 Å². The van der Waals surface area contributed by atoms with Gasteiger partial charge in [0, 0.05) is 0 Å². The molecule has 2 N–H and O–H groups in total. The van der Waals surface area contributed by atoms with Crippen LogP contribution in [0, 0.1) is 0 Å². The molecular formula is H2O4PZr. The van der Waals surface area contributed by atoms with E-state index in [0.29, 0.717) is 0 Å². The topological polar surface area (TPSA) is 74.6 Å². The van der Waals surface area contributed by atoms with Crippen molar-refractivity contribution in [3.63, 3.8) is 0 Å². The maximum atomic E-state index is 9.46. The molecule has 0 aromatic carbocycles. The fourth-order valence-electron chi connectivity index (χ4n) is 0. The fraction of sp³-hybridized carbons (Fsp3) is 0. The molecule has 0 aliphatic heterocycles. The van der Waals surface area contributed by atoms with Crippen molar-refractivity contribution < 1.29 is 39.8 Å². The molecule has 6 heteroatoms. The summed E-state index contributed by atoms with van der Waals surface area (Å²) in [4.78, 5) is 11.4. The van der Waals surface area contributed by atoms with E-state index in [1.54, 1.807) is 0 Å². The number of rotatable bonds is 1. The molecule has 0 saturated carbocycles. The van der Waals surface area contributed by atoms with E-state index >= 15 is 0 Å². The minimum atomic E-state index is -4.03. The van der Waals surface area contributed by atoms with Crippen molar-refractivity contribution in [1.82, 2.24) is 0 Å². The van der Waals surface area contributed by atoms with Crippen LogP contribution >= 0.6 is 4.89 Å². The Labute approximate surface area is 45.0 Å². The van der Waals surface area contributed by atoms with Crippen LogP contribution in [0.1, 0.15) is 0 Å². The van der Waals surface area contributed by atoms with Gasteiger partial charge in [-0.2, -0.15) is 0 Å². The molecule has 35 valence electrons. The van der Waals surface area contributed by atoms with Gasteiger partial charge < -0.3 is 0 Å². The van der Waals surface area contributed by atoms with Crippen LogP contribution in [0.2, 0.25) is 0 Å². The fourth-order valence-corrected chi connectivity index (χ4v) is 0. The van der Waals surface area contributed by atoms with Crippen LogP contribution in [0.25, 0.3) is 0 Å². The van der Waals surface area contributed by atoms with Crippen LogP contribution in [0.3, 0.4) is 0 Å². The first-order chi connectivity index (χ1) is 2.56. The molecule has 0 radical (unpaired) electrons. The van der Waals surface area contributed by atoms with Gasteiger partial charge in [0.25, 0.3) is 0 Å². The minimum absolute atomic E-state index is 2.56. The molecule has 0 aromatic heterocycles. The van der Waals surface area contributed by atoms with Crippen molar-refractivity contribution in [1.29, 1.82) is 0 Å². The van der Waals surface area contributed by atoms with Gasteiger partial charge in [0.2, 0.25) is 0 Å². The summed E-state index contributed by atoms with van der Waals surface area (Å²) >= 11 is -2.56. The summed E-state index contributed by atoms with van der Waals surface area (Å²) in [7, 11) is 0. The second-order valence-electron chi connectivity index (χ2n) is 0.635. The maximum absolute atomic E-state index is 9.46. The van der Waals surface area contributed by atoms with Crippen molar-refractivity contribution in [2.75, 3.05) is 0 Å². The standard InChI is InChI=1S/HO3P.O.Zr/c1-4(2)3;;/h(H-,1,2,3);;/q;;-1/p+1. The van der Waals surface area contributed by atoms with Crippen LogP contribution < -0.4 is 0 Å². The van der Waals surface area contributed by atoms with E-state index in [9.17, 15) is 7.38 Å². The predicted octanol–water partition coefficient (Wildman–Crippen LogP) is -0.493. The Hall–Kier alpha value is 0.833. The first-order valence-electron chi connectivity index (χ1n) is 1.01. The molecule has 0 unspecified atom stereocenters. The second kappa shape index (κ2) is 2.22. The van der Waals surface area contributed by atoms with Gasteiger partial charge in [0.1, 0.15) is 0 Å². The van der Waals surface area contributed by atoms with Crippen molar-refractivity contribution in [2.24, 2.45) is 0 Å². The summed E-state index contributed by atoms with van der Waals surface area (Å²) in [6.07, 6.45) is 0. The third-order valence-electron chi connectivity index (χ3n) is 0.119. The normalized spacial score (nSPS) is 10.3. The van der Waals surface area contributed by atoms with Crippen LogP contribution in [0.15, 0.2) is 0 Å². The van der Waals surface area contributed by atoms with Crippen LogP contribution in [-0.2, 0) is 30.0 Å². The molecule has 6 heavy (non-hydrogen) atoms. The summed E-state index contributed by atoms with van der Waals surface area (Å²) in [6, 6.07) is 0. The van der Waals surface area contributed by atoms with Crippen LogP contribution in [0.4, 0.5) is 0 Å². The molecular weight excluding hydrogens is 186 g/mol. The summed E-state index contributed by atoms with van der Waals surface area (Å²) in [5, 5.41) is 0. The molecule has 0 aliphatic carbocycles. The summed E-state index contributed by atoms with van der Waals surface area (Å²) in [6.45, 7) is 0. The predicted molar refractivity (Wildman–Crippen MR) is 12.7 cm³/mol. The average Bonchev–Trinajstić information content (AvgIpc) is 1.35. The van der Waals surface area contributed by atoms with Crippen molar-refractivity contribution in [3.8, 4) is 0 Å². The average molecular weight is 188 g/mol. The zero-order valence-electron chi connectivity index (χ0n) is 2.66. The summed E-state index contributed by atoms with van der Waals surface area (Å²) in [5.74, 6) is 0. The van der Waals surface area contributed by atoms with E-state index < -0.39 is 27.5 Å². The van der Waals surface area contributed by atoms with E-state index in [2.05, 4.69) is 0 Å². The Morgan fingerprint density at radius 1 is 1.50 bits per heavy atom. The van der Waals surface area contributed by atoms with Crippen LogP contribution in [-0.4, -0.2) is 9.79 Å². The van der Waals surface area contributed by atoms with Gasteiger partial charge >= 0.3 is 44.7 Å². The summed E-state index contributed by atoms with van der Waals surface area (Å²) in [5.41, 5.74) is 0. The van der Waals surface area contributed by atoms with E-state index in [1.807, 2.05) is 0 Å². The van der Waals surface area contributed by atoms with Gasteiger partial charge in [-0.05, 0) is 0 Å². The quantitative estimate of drug-likeness (QED) is 0.544. The van der Waals surface area contributed by atoms with Gasteiger partial charge in [-0.15, -0.1) is 0 Å². The molecule has 0 atom stereocenters. The number of hydrogen-bond donors (Lipinski definition) is 2. The van der Waals surface area contributed by atoms with E-state index in [0.717, 1.165) is 0 Å². The molecule has 0 rings (SSSR count). The van der Waals surface area contributed by atoms with Crippen molar-refractivity contribution >= 4 is 4.89 Å². The third-order valence-corrected chi connectivity index (χ3v) is 2.11. The second-order valence-corrected chi connectivity index (χ2v) is 7.55. The SMILES string of the molecule is [O]=[Zr][P](=O)(O)O. The Morgan fingerprint density at radius 3 is 1.67 bits per heavy atom. The first kappa shape index (κ1) is 6.83. The Bertz CT molecular complexity index is 89.7. The molecule has 4 nitrogen and oxygen atoms in total. The molecule has 0 fully saturated rings. The Kier molecular flexibility index (Phi) is 2.53. The molecule has 0 amide bonds. The van der Waals surface area contributed by atoms with Crippen LogP contribution in [0.5, 0.6) is 0 Å². The van der Waals surface area contributed by atoms with E-state index in [4.69, 9.17) is 9.79 Å². The summed E-state index contributed by atoms with van der Waals surface area (Å²) < 4.78 is 18.8. The van der Waals surface area contributed by atoms with Gasteiger partial charge in [-0.1, -0.05) is 0 Å². The van der Waals surface area contributed by atoms with Gasteiger partial charge in [-0.25, -0.2) is 0 Å². The van der Waals surface area contributed by atoms with Gasteiger partial charge in [0.05, 0.1) is 0 Å². The molecule has 0 aliphatic rings. The van der Waals surface area contributed by atoms with E-state index in [1.165, 1.54) is 0 Å².